The predicted molar refractivity (Wildman–Crippen MR) is 144 cm³/mol. The second kappa shape index (κ2) is 10.3. The number of carbonyl (C=O) groups excluding carboxylic acids is 1. The van der Waals surface area contributed by atoms with Crippen LogP contribution < -0.4 is 28.4 Å². The maximum absolute atomic E-state index is 13.9. The number of hydrogen-bond donors (Lipinski definition) is 2. The maximum atomic E-state index is 13.9. The molecule has 0 aromatic heterocycles. The molecular weight excluding hydrogens is 520 g/mol. The first-order valence-corrected chi connectivity index (χ1v) is 12.4. The second-order valence-corrected chi connectivity index (χ2v) is 9.32. The van der Waals surface area contributed by atoms with Gasteiger partial charge in [0.25, 0.3) is 5.79 Å². The van der Waals surface area contributed by atoms with Crippen molar-refractivity contribution < 1.29 is 48.2 Å². The van der Waals surface area contributed by atoms with Crippen LogP contribution in [0.1, 0.15) is 27.9 Å². The number of phenols is 1. The molecule has 0 bridgehead atoms. The van der Waals surface area contributed by atoms with Crippen molar-refractivity contribution in [3.05, 3.63) is 71.3 Å². The van der Waals surface area contributed by atoms with E-state index < -0.39 is 29.0 Å². The lowest BCUT2D eigenvalue weighted by Gasteiger charge is -2.43. The Kier molecular flexibility index (Phi) is 6.99. The van der Waals surface area contributed by atoms with Crippen molar-refractivity contribution in [1.29, 1.82) is 0 Å². The molecule has 1 saturated heterocycles. The fourth-order valence-corrected chi connectivity index (χ4v) is 5.22. The minimum absolute atomic E-state index is 0.0606. The smallest absolute Gasteiger partial charge is 0.277 e. The Labute approximate surface area is 231 Å². The van der Waals surface area contributed by atoms with Crippen LogP contribution in [-0.2, 0) is 10.3 Å². The number of Topliss-reactive ketones (excluding diaryl/α,β-unsaturated/α-hetero) is 1. The Bertz CT molecular complexity index is 1460. The van der Waals surface area contributed by atoms with Crippen LogP contribution in [0.2, 0.25) is 0 Å². The zero-order valence-corrected chi connectivity index (χ0v) is 22.7. The second-order valence-electron chi connectivity index (χ2n) is 9.32. The summed E-state index contributed by atoms with van der Waals surface area (Å²) in [6.45, 7) is 0. The van der Waals surface area contributed by atoms with Crippen molar-refractivity contribution in [3.8, 4) is 40.2 Å². The summed E-state index contributed by atoms with van der Waals surface area (Å²) in [7, 11) is 7.57. The Morgan fingerprint density at radius 3 is 2.12 bits per heavy atom. The monoisotopic (exact) mass is 550 g/mol. The first-order chi connectivity index (χ1) is 19.2. The SMILES string of the molecule is COc1ccc([C@@]23C[C@H](/C=C/c4cc(OC)c(OC)cc4OC)O[C@]2(O)C(=O)c2c(O)cc(OC)cc2O3)cc1. The molecule has 10 heteroatoms. The lowest BCUT2D eigenvalue weighted by Crippen LogP contribution is -2.60. The Balaban J connectivity index is 1.60. The number of benzene rings is 3. The summed E-state index contributed by atoms with van der Waals surface area (Å²) < 4.78 is 39.3. The molecule has 3 atom stereocenters. The number of hydrogen-bond acceptors (Lipinski definition) is 10. The molecule has 0 aliphatic carbocycles. The number of fused-ring (bicyclic) bond motifs is 2. The van der Waals surface area contributed by atoms with E-state index in [1.165, 1.54) is 47.7 Å². The number of aliphatic hydroxyl groups is 1. The fourth-order valence-electron chi connectivity index (χ4n) is 5.22. The highest BCUT2D eigenvalue weighted by Crippen LogP contribution is 2.56. The van der Waals surface area contributed by atoms with E-state index >= 15 is 0 Å². The third-order valence-corrected chi connectivity index (χ3v) is 7.25. The van der Waals surface area contributed by atoms with Gasteiger partial charge in [-0.3, -0.25) is 4.79 Å². The van der Waals surface area contributed by atoms with Gasteiger partial charge in [0.1, 0.15) is 34.3 Å². The van der Waals surface area contributed by atoms with Crippen LogP contribution in [0.15, 0.2) is 54.6 Å². The van der Waals surface area contributed by atoms with Gasteiger partial charge in [-0.15, -0.1) is 0 Å². The minimum Gasteiger partial charge on any atom is -0.507 e. The number of rotatable bonds is 8. The first kappa shape index (κ1) is 27.2. The molecule has 2 aliphatic rings. The predicted octanol–water partition coefficient (Wildman–Crippen LogP) is 4.10. The molecule has 3 aromatic carbocycles. The van der Waals surface area contributed by atoms with E-state index in [1.807, 2.05) is 0 Å². The third-order valence-electron chi connectivity index (χ3n) is 7.25. The van der Waals surface area contributed by atoms with E-state index in [4.69, 9.17) is 33.2 Å². The number of aromatic hydroxyl groups is 1. The van der Waals surface area contributed by atoms with Crippen molar-refractivity contribution in [2.24, 2.45) is 0 Å². The van der Waals surface area contributed by atoms with Crippen molar-refractivity contribution in [1.82, 2.24) is 0 Å². The summed E-state index contributed by atoms with van der Waals surface area (Å²) >= 11 is 0. The van der Waals surface area contributed by atoms with Crippen LogP contribution in [0.3, 0.4) is 0 Å². The lowest BCUT2D eigenvalue weighted by molar-refractivity contribution is -0.223. The van der Waals surface area contributed by atoms with Crippen molar-refractivity contribution in [2.75, 3.05) is 35.5 Å². The van der Waals surface area contributed by atoms with Gasteiger partial charge in [0.05, 0.1) is 41.7 Å². The van der Waals surface area contributed by atoms with E-state index in [0.717, 1.165) is 0 Å². The largest absolute Gasteiger partial charge is 0.507 e. The molecule has 0 amide bonds. The average Bonchev–Trinajstić information content (AvgIpc) is 3.28. The average molecular weight is 551 g/mol. The molecule has 0 unspecified atom stereocenters. The van der Waals surface area contributed by atoms with Crippen LogP contribution in [-0.4, -0.2) is 63.4 Å². The molecule has 2 heterocycles. The molecular formula is C30H30O10. The minimum atomic E-state index is -2.46. The molecule has 0 saturated carbocycles. The Morgan fingerprint density at radius 2 is 1.50 bits per heavy atom. The zero-order chi connectivity index (χ0) is 28.7. The van der Waals surface area contributed by atoms with Crippen molar-refractivity contribution in [3.63, 3.8) is 0 Å². The number of ether oxygens (including phenoxy) is 7. The van der Waals surface area contributed by atoms with Crippen LogP contribution in [0.5, 0.6) is 40.2 Å². The Hall–Kier alpha value is -4.41. The number of carbonyl (C=O) groups is 1. The quantitative estimate of drug-likeness (QED) is 0.424. The molecule has 210 valence electrons. The first-order valence-electron chi connectivity index (χ1n) is 12.4. The summed E-state index contributed by atoms with van der Waals surface area (Å²) in [4.78, 5) is 13.9. The topological polar surface area (TPSA) is 122 Å². The number of ketones is 1. The van der Waals surface area contributed by atoms with E-state index in [0.29, 0.717) is 34.1 Å². The summed E-state index contributed by atoms with van der Waals surface area (Å²) in [5.41, 5.74) is -0.712. The Morgan fingerprint density at radius 1 is 0.850 bits per heavy atom. The van der Waals surface area contributed by atoms with Crippen molar-refractivity contribution in [2.45, 2.75) is 23.9 Å². The van der Waals surface area contributed by atoms with Gasteiger partial charge in [-0.05, 0) is 18.2 Å². The molecule has 2 aliphatic heterocycles. The van der Waals surface area contributed by atoms with Gasteiger partial charge in [-0.25, -0.2) is 0 Å². The van der Waals surface area contributed by atoms with Gasteiger partial charge in [-0.2, -0.15) is 0 Å². The third kappa shape index (κ3) is 4.16. The van der Waals surface area contributed by atoms with E-state index in [2.05, 4.69) is 0 Å². The summed E-state index contributed by atoms with van der Waals surface area (Å²) in [6.07, 6.45) is 2.72. The highest BCUT2D eigenvalue weighted by atomic mass is 16.7. The van der Waals surface area contributed by atoms with Crippen molar-refractivity contribution >= 4 is 11.9 Å². The van der Waals surface area contributed by atoms with Gasteiger partial charge >= 0.3 is 0 Å². The molecule has 0 spiro atoms. The number of phenolic OH excluding ortho intramolecular Hbond substituents is 1. The molecule has 2 N–H and O–H groups in total. The molecule has 1 fully saturated rings. The van der Waals surface area contributed by atoms with Crippen LogP contribution in [0.4, 0.5) is 0 Å². The molecule has 40 heavy (non-hydrogen) atoms. The molecule has 3 aromatic rings. The van der Waals surface area contributed by atoms with Gasteiger partial charge < -0.3 is 43.4 Å². The summed E-state index contributed by atoms with van der Waals surface area (Å²) in [5, 5.41) is 22.6. The van der Waals surface area contributed by atoms with E-state index in [9.17, 15) is 15.0 Å². The van der Waals surface area contributed by atoms with Gasteiger partial charge in [0.15, 0.2) is 17.1 Å². The number of methoxy groups -OCH3 is 5. The van der Waals surface area contributed by atoms with E-state index in [1.54, 1.807) is 48.6 Å². The molecule has 0 radical (unpaired) electrons. The van der Waals surface area contributed by atoms with Crippen LogP contribution in [0, 0.1) is 0 Å². The highest BCUT2D eigenvalue weighted by molar-refractivity contribution is 6.08. The van der Waals surface area contributed by atoms with Gasteiger partial charge in [-0.1, -0.05) is 24.3 Å². The van der Waals surface area contributed by atoms with Gasteiger partial charge in [0, 0.05) is 35.7 Å². The summed E-state index contributed by atoms with van der Waals surface area (Å²) in [5.74, 6) is -1.23. The molecule has 10 nitrogen and oxygen atoms in total. The van der Waals surface area contributed by atoms with Gasteiger partial charge in [0.2, 0.25) is 5.78 Å². The standard InChI is InChI=1S/C30H30O10/c1-34-19-10-7-18(8-11-19)29-16-20(9-6-17-12-24(37-4)25(38-5)15-23(17)36-3)39-30(29,33)28(32)27-22(31)13-21(35-2)14-26(27)40-29/h6-15,20,31,33H,16H2,1-5H3/b9-6+/t20-,29-,30+/m0/s1. The van der Waals surface area contributed by atoms with Crippen LogP contribution >= 0.6 is 0 Å². The maximum Gasteiger partial charge on any atom is 0.277 e. The highest BCUT2D eigenvalue weighted by Gasteiger charge is 2.69. The molecule has 5 rings (SSSR count). The van der Waals surface area contributed by atoms with E-state index in [-0.39, 0.29) is 23.5 Å². The normalized spacial score (nSPS) is 23.2. The summed E-state index contributed by atoms with van der Waals surface area (Å²) in [6, 6.07) is 13.0. The van der Waals surface area contributed by atoms with Crippen LogP contribution in [0.25, 0.3) is 6.08 Å². The lowest BCUT2D eigenvalue weighted by atomic mass is 9.77. The fraction of sp³-hybridized carbons (Fsp3) is 0.300. The zero-order valence-electron chi connectivity index (χ0n) is 22.7.